The molecule has 17 nitrogen and oxygen atoms in total. The molecular weight excluding hydrogens is 353 g/mol. The Morgan fingerprint density at radius 2 is 1.21 bits per heavy atom. The van der Waals surface area contributed by atoms with Gasteiger partial charge in [-0.1, -0.05) is 4.39 Å². The predicted molar refractivity (Wildman–Crippen MR) is 61.7 cm³/mol. The summed E-state index contributed by atoms with van der Waals surface area (Å²) in [5.41, 5.74) is 0. The van der Waals surface area contributed by atoms with Gasteiger partial charge in [-0.15, -0.1) is 0 Å². The lowest BCUT2D eigenvalue weighted by atomic mass is 10.2. The van der Waals surface area contributed by atoms with E-state index in [0.29, 0.717) is 0 Å². The van der Waals surface area contributed by atoms with E-state index in [1.165, 1.54) is 0 Å². The largest absolute Gasteiger partial charge is 0.700 e. The molecule has 0 atom stereocenters. The van der Waals surface area contributed by atoms with Crippen molar-refractivity contribution in [2.45, 2.75) is 24.5 Å². The monoisotopic (exact) mass is 359 g/mol. The number of esters is 1. The maximum absolute atomic E-state index is 13.3. The second-order valence-electron chi connectivity index (χ2n) is 3.94. The fourth-order valence-corrected chi connectivity index (χ4v) is 1.16. The molecule has 0 fully saturated rings. The Balaban J connectivity index is 5.05. The van der Waals surface area contributed by atoms with E-state index in [1.807, 2.05) is 0 Å². The summed E-state index contributed by atoms with van der Waals surface area (Å²) in [5, 5.41) is 52.0. The lowest BCUT2D eigenvalue weighted by Gasteiger charge is -2.10. The lowest BCUT2D eigenvalue weighted by molar-refractivity contribution is -0.970. The molecule has 0 aromatic heterocycles. The van der Waals surface area contributed by atoms with Crippen molar-refractivity contribution in [2.75, 3.05) is 6.61 Å². The van der Waals surface area contributed by atoms with E-state index in [9.17, 15) is 59.8 Å². The first kappa shape index (κ1) is 20.4. The van der Waals surface area contributed by atoms with Crippen molar-refractivity contribution < 1.29 is 38.5 Å². The summed E-state index contributed by atoms with van der Waals surface area (Å²) in [4.78, 5) is 53.4. The number of carbonyl (C=O) groups excluding carboxylic acids is 1. The molecule has 0 aliphatic carbocycles. The first-order chi connectivity index (χ1) is 10.8. The number of hydrogen-bond donors (Lipinski definition) is 0. The average molecular weight is 359 g/mol. The molecule has 0 spiro atoms. The molecule has 0 heterocycles. The minimum Gasteiger partial charge on any atom is -0.446 e. The standard InChI is InChI=1S/C6H6FN5O12/c7-5(8(14)15,9(16)17)3-24-4(13)1-2-6(10(18)19,11(20)21)12(22)23/h1-3H2. The highest BCUT2D eigenvalue weighted by molar-refractivity contribution is 5.69. The van der Waals surface area contributed by atoms with Crippen LogP contribution in [0.25, 0.3) is 0 Å². The summed E-state index contributed by atoms with van der Waals surface area (Å²) in [6.45, 7) is -2.05. The lowest BCUT2D eigenvalue weighted by Crippen LogP contribution is -2.53. The van der Waals surface area contributed by atoms with Gasteiger partial charge in [0, 0.05) is 0 Å². The second-order valence-corrected chi connectivity index (χ2v) is 3.94. The predicted octanol–water partition coefficient (Wildman–Crippen LogP) is -1.03. The minimum atomic E-state index is -4.41. The molecule has 0 aliphatic heterocycles. The van der Waals surface area contributed by atoms with Gasteiger partial charge in [0.15, 0.2) is 21.2 Å². The van der Waals surface area contributed by atoms with Gasteiger partial charge < -0.3 is 4.74 Å². The quantitative estimate of drug-likeness (QED) is 0.149. The van der Waals surface area contributed by atoms with E-state index in [1.54, 1.807) is 0 Å². The van der Waals surface area contributed by atoms with Crippen LogP contribution in [0.2, 0.25) is 0 Å². The van der Waals surface area contributed by atoms with Crippen LogP contribution in [-0.2, 0) is 9.53 Å². The van der Waals surface area contributed by atoms with Crippen LogP contribution in [0.3, 0.4) is 0 Å². The second kappa shape index (κ2) is 7.11. The van der Waals surface area contributed by atoms with Crippen molar-refractivity contribution in [1.29, 1.82) is 0 Å². The van der Waals surface area contributed by atoms with E-state index < -0.39 is 61.7 Å². The van der Waals surface area contributed by atoms with Crippen LogP contribution in [0.5, 0.6) is 0 Å². The summed E-state index contributed by atoms with van der Waals surface area (Å²) in [7, 11) is 0. The van der Waals surface area contributed by atoms with Crippen LogP contribution in [0.4, 0.5) is 4.39 Å². The Labute approximate surface area is 127 Å². The fraction of sp³-hybridized carbons (Fsp3) is 0.833. The van der Waals surface area contributed by atoms with Gasteiger partial charge in [0.05, 0.1) is 6.42 Å². The molecule has 18 heteroatoms. The molecule has 0 unspecified atom stereocenters. The number of nitro groups is 5. The van der Waals surface area contributed by atoms with Gasteiger partial charge in [0.1, 0.15) is 9.85 Å². The molecule has 134 valence electrons. The molecule has 0 aliphatic rings. The minimum absolute atomic E-state index is 1.41. The van der Waals surface area contributed by atoms with Gasteiger partial charge in [0.2, 0.25) is 0 Å². The average Bonchev–Trinajstić information content (AvgIpc) is 2.43. The molecule has 24 heavy (non-hydrogen) atoms. The van der Waals surface area contributed by atoms with Gasteiger partial charge >= 0.3 is 17.7 Å². The van der Waals surface area contributed by atoms with Crippen LogP contribution in [0.15, 0.2) is 0 Å². The summed E-state index contributed by atoms with van der Waals surface area (Å²) < 4.78 is 17.1. The summed E-state index contributed by atoms with van der Waals surface area (Å²) >= 11 is 0. The van der Waals surface area contributed by atoms with Crippen LogP contribution in [0, 0.1) is 50.6 Å². The molecular formula is C6H6FN5O12. The Morgan fingerprint density at radius 1 is 0.833 bits per heavy atom. The third-order valence-corrected chi connectivity index (χ3v) is 2.52. The van der Waals surface area contributed by atoms with Crippen LogP contribution in [-0.4, -0.2) is 48.9 Å². The number of halogens is 1. The zero-order valence-electron chi connectivity index (χ0n) is 11.1. The van der Waals surface area contributed by atoms with Gasteiger partial charge in [0.25, 0.3) is 6.61 Å². The highest BCUT2D eigenvalue weighted by Gasteiger charge is 2.70. The van der Waals surface area contributed by atoms with Crippen molar-refractivity contribution in [3.8, 4) is 0 Å². The first-order valence-electron chi connectivity index (χ1n) is 5.39. The molecule has 0 saturated heterocycles. The van der Waals surface area contributed by atoms with Gasteiger partial charge in [-0.2, -0.15) is 0 Å². The van der Waals surface area contributed by atoms with Crippen molar-refractivity contribution in [2.24, 2.45) is 0 Å². The fourth-order valence-electron chi connectivity index (χ4n) is 1.16. The Bertz CT molecular complexity index is 555. The highest BCUT2D eigenvalue weighted by atomic mass is 19.2. The van der Waals surface area contributed by atoms with Crippen molar-refractivity contribution in [3.63, 3.8) is 0 Å². The third kappa shape index (κ3) is 3.78. The zero-order valence-corrected chi connectivity index (χ0v) is 11.1. The van der Waals surface area contributed by atoms with Crippen molar-refractivity contribution in [3.05, 3.63) is 50.6 Å². The maximum atomic E-state index is 13.3. The number of carbonyl (C=O) groups is 1. The number of ether oxygens (including phenoxy) is 1. The van der Waals surface area contributed by atoms with Crippen LogP contribution in [0.1, 0.15) is 12.8 Å². The maximum Gasteiger partial charge on any atom is 0.700 e. The van der Waals surface area contributed by atoms with E-state index in [4.69, 9.17) is 0 Å². The van der Waals surface area contributed by atoms with Crippen molar-refractivity contribution in [1.82, 2.24) is 0 Å². The Kier molecular flexibility index (Phi) is 6.04. The van der Waals surface area contributed by atoms with E-state index in [-0.39, 0.29) is 0 Å². The molecule has 0 saturated carbocycles. The summed E-state index contributed by atoms with van der Waals surface area (Å²) in [6, 6.07) is 0. The van der Waals surface area contributed by atoms with Gasteiger partial charge in [-0.3, -0.25) is 55.4 Å². The SMILES string of the molecule is O=C(CCC([N+](=O)[O-])([N+](=O)[O-])[N+](=O)[O-])OCC(F)([N+](=O)[O-])[N+](=O)[O-]. The van der Waals surface area contributed by atoms with Crippen LogP contribution < -0.4 is 0 Å². The molecule has 0 N–H and O–H groups in total. The molecule has 0 aromatic rings. The van der Waals surface area contributed by atoms with E-state index >= 15 is 0 Å². The van der Waals surface area contributed by atoms with E-state index in [0.717, 1.165) is 0 Å². The normalized spacial score (nSPS) is 11.4. The smallest absolute Gasteiger partial charge is 0.446 e. The highest BCUT2D eigenvalue weighted by Crippen LogP contribution is 2.20. The summed E-state index contributed by atoms with van der Waals surface area (Å²) in [6.07, 6.45) is -3.05. The zero-order chi connectivity index (χ0) is 19.3. The third-order valence-electron chi connectivity index (χ3n) is 2.52. The van der Waals surface area contributed by atoms with E-state index in [2.05, 4.69) is 4.74 Å². The van der Waals surface area contributed by atoms with Gasteiger partial charge in [-0.05, 0) is 0 Å². The molecule has 0 aromatic carbocycles. The first-order valence-corrected chi connectivity index (χ1v) is 5.39. The number of alkyl halides is 1. The van der Waals surface area contributed by atoms with Crippen LogP contribution >= 0.6 is 0 Å². The van der Waals surface area contributed by atoms with Crippen molar-refractivity contribution >= 4 is 5.97 Å². The molecule has 0 radical (unpaired) electrons. The molecule has 0 rings (SSSR count). The summed E-state index contributed by atoms with van der Waals surface area (Å²) in [5.74, 6) is -10.2. The topological polar surface area (TPSA) is 242 Å². The Hall–Kier alpha value is -3.60. The number of nitrogens with zero attached hydrogens (tertiary/aromatic N) is 5. The number of rotatable bonds is 10. The molecule has 0 amide bonds. The molecule has 0 bridgehead atoms. The van der Waals surface area contributed by atoms with Gasteiger partial charge in [-0.25, -0.2) is 0 Å². The Morgan fingerprint density at radius 3 is 1.50 bits per heavy atom. The number of hydrogen-bond acceptors (Lipinski definition) is 12.